The van der Waals surface area contributed by atoms with Crippen LogP contribution in [0, 0.1) is 11.8 Å². The van der Waals surface area contributed by atoms with Crippen molar-refractivity contribution in [2.75, 3.05) is 26.7 Å². The maximum Gasteiger partial charge on any atom is 0.295 e. The molecule has 4 aromatic rings. The number of aliphatic hydroxyl groups excluding tert-OH is 1. The lowest BCUT2D eigenvalue weighted by molar-refractivity contribution is -0.128. The average Bonchev–Trinajstić information content (AvgIpc) is 3.64. The Morgan fingerprint density at radius 1 is 1.14 bits per heavy atom. The van der Waals surface area contributed by atoms with E-state index in [2.05, 4.69) is 30.7 Å². The number of aromatic nitrogens is 4. The van der Waals surface area contributed by atoms with Crippen molar-refractivity contribution >= 4 is 28.5 Å². The molecule has 0 bridgehead atoms. The number of ether oxygens (including phenoxy) is 1. The van der Waals surface area contributed by atoms with Crippen LogP contribution in [0.4, 0.5) is 0 Å². The van der Waals surface area contributed by atoms with Crippen molar-refractivity contribution in [2.24, 2.45) is 11.8 Å². The van der Waals surface area contributed by atoms with Gasteiger partial charge in [-0.25, -0.2) is 9.67 Å². The Hall–Kier alpha value is -4.51. The van der Waals surface area contributed by atoms with Gasteiger partial charge >= 0.3 is 0 Å². The number of nitrogens with one attached hydrogen (secondary N) is 1. The minimum Gasteiger partial charge on any atom is -0.494 e. The van der Waals surface area contributed by atoms with E-state index in [-0.39, 0.29) is 37.2 Å². The minimum atomic E-state index is -0.689. The highest BCUT2D eigenvalue weighted by Gasteiger charge is 2.34. The Balaban J connectivity index is 1.41. The Morgan fingerprint density at radius 3 is 2.53 bits per heavy atom. The molecule has 43 heavy (non-hydrogen) atoms. The van der Waals surface area contributed by atoms with Crippen LogP contribution in [-0.2, 0) is 17.8 Å². The molecule has 1 fully saturated rings. The SMILES string of the molecule is COc1cnc(-n2nc(CC(C)C(C)C)cc2CO)c2[nH]cc(C(=O)C(=O)N3CCN(C(=O)c4ccccc4)[C@H](C)C3)c12. The number of rotatable bonds is 9. The van der Waals surface area contributed by atoms with E-state index in [1.807, 2.05) is 31.2 Å². The van der Waals surface area contributed by atoms with Crippen LogP contribution in [-0.4, -0.2) is 85.0 Å². The summed E-state index contributed by atoms with van der Waals surface area (Å²) in [4.78, 5) is 51.0. The second-order valence-corrected chi connectivity index (χ2v) is 11.5. The molecule has 0 spiro atoms. The van der Waals surface area contributed by atoms with E-state index in [1.165, 1.54) is 24.4 Å². The number of aliphatic hydroxyl groups is 1. The number of methoxy groups -OCH3 is 1. The number of nitrogens with zero attached hydrogens (tertiary/aromatic N) is 5. The first-order chi connectivity index (χ1) is 20.6. The van der Waals surface area contributed by atoms with Gasteiger partial charge in [0.05, 0.1) is 47.8 Å². The number of Topliss-reactive ketones (excluding diaryl/α,β-unsaturated/α-hetero) is 1. The highest BCUT2D eigenvalue weighted by Crippen LogP contribution is 2.33. The number of aromatic amines is 1. The number of hydrogen-bond acceptors (Lipinski definition) is 7. The van der Waals surface area contributed by atoms with E-state index in [9.17, 15) is 19.5 Å². The number of pyridine rings is 1. The molecule has 3 aromatic heterocycles. The number of carbonyl (C=O) groups is 3. The molecule has 2 atom stereocenters. The predicted octanol–water partition coefficient (Wildman–Crippen LogP) is 3.64. The summed E-state index contributed by atoms with van der Waals surface area (Å²) >= 11 is 0. The van der Waals surface area contributed by atoms with E-state index in [0.717, 1.165) is 12.1 Å². The third-order valence-electron chi connectivity index (χ3n) is 8.37. The summed E-state index contributed by atoms with van der Waals surface area (Å²) in [5.41, 5.74) is 2.59. The Labute approximate surface area is 250 Å². The van der Waals surface area contributed by atoms with Crippen LogP contribution in [0.3, 0.4) is 0 Å². The van der Waals surface area contributed by atoms with Crippen molar-refractivity contribution < 1.29 is 24.2 Å². The predicted molar refractivity (Wildman–Crippen MR) is 161 cm³/mol. The number of fused-ring (bicyclic) bond motifs is 1. The summed E-state index contributed by atoms with van der Waals surface area (Å²) in [5, 5.41) is 15.3. The van der Waals surface area contributed by atoms with E-state index < -0.39 is 11.7 Å². The summed E-state index contributed by atoms with van der Waals surface area (Å²) in [7, 11) is 1.47. The first kappa shape index (κ1) is 30.0. The van der Waals surface area contributed by atoms with Gasteiger partial charge in [-0.2, -0.15) is 5.10 Å². The lowest BCUT2D eigenvalue weighted by Gasteiger charge is -2.39. The summed E-state index contributed by atoms with van der Waals surface area (Å²) in [6.07, 6.45) is 3.71. The summed E-state index contributed by atoms with van der Waals surface area (Å²) in [6, 6.07) is 10.6. The number of carbonyl (C=O) groups excluding carboxylic acids is 3. The molecule has 4 heterocycles. The molecular formula is C32H38N6O5. The standard InChI is InChI=1S/C32H38N6O5/c1-19(2)20(3)13-23-14-24(18-39)38(35-23)30-28-27(26(43-5)16-34-30)25(15-33-28)29(40)32(42)36-11-12-37(21(4)17-36)31(41)22-9-7-6-8-10-22/h6-10,14-16,19-21,33,39H,11-13,17-18H2,1-5H3/t20?,21-/m1/s1. The molecule has 1 unspecified atom stereocenters. The lowest BCUT2D eigenvalue weighted by atomic mass is 9.93. The Kier molecular flexibility index (Phi) is 8.63. The number of hydrogen-bond donors (Lipinski definition) is 2. The van der Waals surface area contributed by atoms with Crippen molar-refractivity contribution in [1.29, 1.82) is 0 Å². The average molecular weight is 587 g/mol. The number of benzene rings is 1. The van der Waals surface area contributed by atoms with Crippen LogP contribution < -0.4 is 4.74 Å². The maximum absolute atomic E-state index is 13.7. The quantitative estimate of drug-likeness (QED) is 0.226. The van der Waals surface area contributed by atoms with Gasteiger partial charge in [0.2, 0.25) is 0 Å². The van der Waals surface area contributed by atoms with Crippen LogP contribution in [0.2, 0.25) is 0 Å². The second-order valence-electron chi connectivity index (χ2n) is 11.5. The van der Waals surface area contributed by atoms with E-state index in [1.54, 1.807) is 21.7 Å². The van der Waals surface area contributed by atoms with E-state index >= 15 is 0 Å². The summed E-state index contributed by atoms with van der Waals surface area (Å²) in [5.74, 6) is 0.131. The van der Waals surface area contributed by atoms with E-state index in [0.29, 0.717) is 52.1 Å². The third kappa shape index (κ3) is 5.77. The normalized spacial score (nSPS) is 16.1. The molecule has 0 aliphatic carbocycles. The molecular weight excluding hydrogens is 548 g/mol. The molecule has 2 amide bonds. The molecule has 11 heteroatoms. The van der Waals surface area contributed by atoms with Crippen molar-refractivity contribution in [3.8, 4) is 11.6 Å². The maximum atomic E-state index is 13.7. The van der Waals surface area contributed by atoms with Gasteiger partial charge < -0.3 is 24.6 Å². The van der Waals surface area contributed by atoms with Crippen molar-refractivity contribution in [2.45, 2.75) is 46.8 Å². The van der Waals surface area contributed by atoms with E-state index in [4.69, 9.17) is 9.84 Å². The zero-order chi connectivity index (χ0) is 30.8. The van der Waals surface area contributed by atoms with Crippen LogP contribution in [0.5, 0.6) is 5.75 Å². The van der Waals surface area contributed by atoms with Crippen LogP contribution >= 0.6 is 0 Å². The molecule has 0 saturated carbocycles. The highest BCUT2D eigenvalue weighted by molar-refractivity contribution is 6.45. The number of ketones is 1. The molecule has 1 aliphatic rings. The molecule has 2 N–H and O–H groups in total. The Morgan fingerprint density at radius 2 is 1.88 bits per heavy atom. The fraction of sp³-hybridized carbons (Fsp3) is 0.406. The first-order valence-corrected chi connectivity index (χ1v) is 14.6. The Bertz CT molecular complexity index is 1640. The largest absolute Gasteiger partial charge is 0.494 e. The fourth-order valence-corrected chi connectivity index (χ4v) is 5.48. The smallest absolute Gasteiger partial charge is 0.295 e. The van der Waals surface area contributed by atoms with Gasteiger partial charge in [-0.3, -0.25) is 14.4 Å². The van der Waals surface area contributed by atoms with Gasteiger partial charge in [0.1, 0.15) is 5.75 Å². The molecule has 11 nitrogen and oxygen atoms in total. The van der Waals surface area contributed by atoms with Gasteiger partial charge in [0.15, 0.2) is 5.82 Å². The van der Waals surface area contributed by atoms with Gasteiger partial charge in [-0.15, -0.1) is 0 Å². The van der Waals surface area contributed by atoms with Gasteiger partial charge in [0, 0.05) is 37.4 Å². The molecule has 1 aromatic carbocycles. The fourth-order valence-electron chi connectivity index (χ4n) is 5.48. The number of amides is 2. The van der Waals surface area contributed by atoms with Crippen LogP contribution in [0.1, 0.15) is 59.8 Å². The number of piperazine rings is 1. The van der Waals surface area contributed by atoms with Crippen LogP contribution in [0.15, 0.2) is 48.8 Å². The van der Waals surface area contributed by atoms with Gasteiger partial charge in [0.25, 0.3) is 17.6 Å². The molecule has 0 radical (unpaired) electrons. The second kappa shape index (κ2) is 12.4. The van der Waals surface area contributed by atoms with Crippen LogP contribution in [0.25, 0.3) is 16.7 Å². The topological polar surface area (TPSA) is 134 Å². The molecule has 1 aliphatic heterocycles. The van der Waals surface area contributed by atoms with Crippen molar-refractivity contribution in [3.05, 3.63) is 71.3 Å². The first-order valence-electron chi connectivity index (χ1n) is 14.6. The highest BCUT2D eigenvalue weighted by atomic mass is 16.5. The summed E-state index contributed by atoms with van der Waals surface area (Å²) in [6.45, 7) is 8.90. The van der Waals surface area contributed by atoms with Gasteiger partial charge in [-0.05, 0) is 43.4 Å². The monoisotopic (exact) mass is 586 g/mol. The summed E-state index contributed by atoms with van der Waals surface area (Å²) < 4.78 is 7.12. The molecule has 1 saturated heterocycles. The van der Waals surface area contributed by atoms with Crippen molar-refractivity contribution in [3.63, 3.8) is 0 Å². The minimum absolute atomic E-state index is 0.101. The zero-order valence-corrected chi connectivity index (χ0v) is 25.2. The van der Waals surface area contributed by atoms with Crippen molar-refractivity contribution in [1.82, 2.24) is 29.5 Å². The lowest BCUT2D eigenvalue weighted by Crippen LogP contribution is -2.56. The third-order valence-corrected chi connectivity index (χ3v) is 8.37. The molecule has 5 rings (SSSR count). The zero-order valence-electron chi connectivity index (χ0n) is 25.2. The number of H-pyrrole nitrogens is 1. The molecule has 226 valence electrons. The van der Waals surface area contributed by atoms with Gasteiger partial charge in [-0.1, -0.05) is 39.0 Å².